The van der Waals surface area contributed by atoms with Crippen molar-refractivity contribution < 1.29 is 14.6 Å². The van der Waals surface area contributed by atoms with Gasteiger partial charge in [0.2, 0.25) is 0 Å². The molecule has 0 radical (unpaired) electrons. The van der Waals surface area contributed by atoms with Gasteiger partial charge < -0.3 is 15.6 Å². The van der Waals surface area contributed by atoms with E-state index in [0.29, 0.717) is 0 Å². The molecule has 0 saturated carbocycles. The number of rotatable bonds is 8. The lowest BCUT2D eigenvalue weighted by Crippen LogP contribution is -2.36. The number of carbonyl (C=O) groups is 1. The van der Waals surface area contributed by atoms with Crippen molar-refractivity contribution in [2.24, 2.45) is 5.73 Å². The normalized spacial score (nSPS) is 12.4. The molecule has 0 aliphatic carbocycles. The minimum absolute atomic E-state index is 0.269. The monoisotopic (exact) mass is 393 g/mol. The average Bonchev–Trinajstić information content (AvgIpc) is 2.76. The molecule has 0 fully saturated rings. The third-order valence-electron chi connectivity index (χ3n) is 4.65. The molecule has 0 aliphatic heterocycles. The van der Waals surface area contributed by atoms with E-state index in [1.54, 1.807) is 7.11 Å². The summed E-state index contributed by atoms with van der Waals surface area (Å²) in [4.78, 5) is 11.4. The summed E-state index contributed by atoms with van der Waals surface area (Å²) in [5.41, 5.74) is 9.03. The summed E-state index contributed by atoms with van der Waals surface area (Å²) in [6.07, 6.45) is 0. The molecule has 0 unspecified atom stereocenters. The molecule has 0 aromatic heterocycles. The average molecular weight is 394 g/mol. The summed E-state index contributed by atoms with van der Waals surface area (Å²) in [6.45, 7) is 0. The van der Waals surface area contributed by atoms with Crippen molar-refractivity contribution in [3.8, 4) is 5.75 Å². The van der Waals surface area contributed by atoms with Crippen LogP contribution in [0.4, 0.5) is 0 Å². The van der Waals surface area contributed by atoms with Crippen molar-refractivity contribution in [3.63, 3.8) is 0 Å². The van der Waals surface area contributed by atoms with Gasteiger partial charge in [-0.05, 0) is 28.8 Å². The number of carboxylic acid groups (broad SMARTS) is 1. The molecule has 0 bridgehead atoms. The van der Waals surface area contributed by atoms with Gasteiger partial charge in [0, 0.05) is 5.75 Å². The standard InChI is InChI=1S/C23H23NO3S/c1-27-20-14-12-19(13-15-20)23(17-8-4-2-5-9-17,18-10-6-3-7-11-18)28-16-21(24)22(25)26/h2-15,21H,16,24H2,1H3,(H,25,26)/t21-/m1/s1. The molecular formula is C23H23NO3S. The van der Waals surface area contributed by atoms with Gasteiger partial charge in [-0.15, -0.1) is 11.8 Å². The minimum Gasteiger partial charge on any atom is -0.497 e. The maximum Gasteiger partial charge on any atom is 0.321 e. The van der Waals surface area contributed by atoms with Crippen molar-refractivity contribution in [1.82, 2.24) is 0 Å². The molecule has 4 nitrogen and oxygen atoms in total. The number of thioether (sulfide) groups is 1. The fourth-order valence-electron chi connectivity index (χ4n) is 3.21. The van der Waals surface area contributed by atoms with E-state index in [1.165, 1.54) is 11.8 Å². The van der Waals surface area contributed by atoms with Gasteiger partial charge in [0.05, 0.1) is 11.9 Å². The summed E-state index contributed by atoms with van der Waals surface area (Å²) < 4.78 is 4.72. The Morgan fingerprint density at radius 1 is 0.929 bits per heavy atom. The van der Waals surface area contributed by atoms with Gasteiger partial charge >= 0.3 is 5.97 Å². The second-order valence-corrected chi connectivity index (χ2v) is 7.63. The molecule has 3 rings (SSSR count). The Labute approximate surface area is 169 Å². The van der Waals surface area contributed by atoms with Crippen LogP contribution in [-0.2, 0) is 9.54 Å². The van der Waals surface area contributed by atoms with Crippen LogP contribution >= 0.6 is 11.8 Å². The molecule has 3 aromatic carbocycles. The first kappa shape index (κ1) is 20.0. The van der Waals surface area contributed by atoms with Crippen LogP contribution in [0.25, 0.3) is 0 Å². The number of ether oxygens (including phenoxy) is 1. The molecule has 0 heterocycles. The fraction of sp³-hybridized carbons (Fsp3) is 0.174. The van der Waals surface area contributed by atoms with E-state index < -0.39 is 16.8 Å². The second-order valence-electron chi connectivity index (χ2n) is 6.40. The maximum atomic E-state index is 11.4. The summed E-state index contributed by atoms with van der Waals surface area (Å²) in [7, 11) is 1.64. The summed E-state index contributed by atoms with van der Waals surface area (Å²) in [5, 5.41) is 9.30. The Morgan fingerprint density at radius 2 is 1.39 bits per heavy atom. The van der Waals surface area contributed by atoms with Gasteiger partial charge in [0.15, 0.2) is 0 Å². The Hall–Kier alpha value is -2.76. The zero-order chi connectivity index (χ0) is 20.0. The number of methoxy groups -OCH3 is 1. The topological polar surface area (TPSA) is 72.5 Å². The zero-order valence-electron chi connectivity index (χ0n) is 15.6. The summed E-state index contributed by atoms with van der Waals surface area (Å²) in [5.74, 6) is 0.0359. The van der Waals surface area contributed by atoms with Crippen LogP contribution in [-0.4, -0.2) is 30.0 Å². The highest BCUT2D eigenvalue weighted by Gasteiger charge is 2.37. The lowest BCUT2D eigenvalue weighted by molar-refractivity contribution is -0.137. The highest BCUT2D eigenvalue weighted by molar-refractivity contribution is 8.00. The Balaban J connectivity index is 2.20. The highest BCUT2D eigenvalue weighted by Crippen LogP contribution is 2.48. The predicted molar refractivity (Wildman–Crippen MR) is 114 cm³/mol. The number of benzene rings is 3. The number of aliphatic carboxylic acids is 1. The van der Waals surface area contributed by atoms with Crippen LogP contribution in [0.1, 0.15) is 16.7 Å². The Morgan fingerprint density at radius 3 is 1.82 bits per heavy atom. The quantitative estimate of drug-likeness (QED) is 0.563. The van der Waals surface area contributed by atoms with E-state index in [0.717, 1.165) is 22.4 Å². The van der Waals surface area contributed by atoms with Crippen LogP contribution in [0, 0.1) is 0 Å². The molecule has 5 heteroatoms. The SMILES string of the molecule is COc1ccc(C(SC[C@@H](N)C(=O)O)(c2ccccc2)c2ccccc2)cc1. The number of hydrogen-bond acceptors (Lipinski definition) is 4. The molecule has 0 aliphatic rings. The second kappa shape index (κ2) is 8.95. The molecule has 28 heavy (non-hydrogen) atoms. The predicted octanol–water partition coefficient (Wildman–Crippen LogP) is 4.13. The van der Waals surface area contributed by atoms with Crippen molar-refractivity contribution in [2.45, 2.75) is 10.8 Å². The smallest absolute Gasteiger partial charge is 0.321 e. The van der Waals surface area contributed by atoms with E-state index in [9.17, 15) is 9.90 Å². The van der Waals surface area contributed by atoms with Crippen molar-refractivity contribution in [1.29, 1.82) is 0 Å². The zero-order valence-corrected chi connectivity index (χ0v) is 16.4. The largest absolute Gasteiger partial charge is 0.497 e. The van der Waals surface area contributed by atoms with Crippen LogP contribution < -0.4 is 10.5 Å². The first-order valence-electron chi connectivity index (χ1n) is 8.96. The molecule has 0 amide bonds. The Kier molecular flexibility index (Phi) is 6.39. The number of carboxylic acids is 1. The fourth-order valence-corrected chi connectivity index (χ4v) is 4.69. The molecule has 3 aromatic rings. The summed E-state index contributed by atoms with van der Waals surface area (Å²) >= 11 is 1.53. The molecule has 3 N–H and O–H groups in total. The lowest BCUT2D eigenvalue weighted by atomic mass is 9.84. The van der Waals surface area contributed by atoms with Crippen LogP contribution in [0.5, 0.6) is 5.75 Å². The van der Waals surface area contributed by atoms with Crippen molar-refractivity contribution in [3.05, 3.63) is 102 Å². The van der Waals surface area contributed by atoms with E-state index in [2.05, 4.69) is 24.3 Å². The minimum atomic E-state index is -1.00. The van der Waals surface area contributed by atoms with E-state index >= 15 is 0 Å². The molecular weight excluding hydrogens is 370 g/mol. The lowest BCUT2D eigenvalue weighted by Gasteiger charge is -2.36. The maximum absolute atomic E-state index is 11.4. The van der Waals surface area contributed by atoms with Crippen LogP contribution in [0.2, 0.25) is 0 Å². The van der Waals surface area contributed by atoms with E-state index in [4.69, 9.17) is 10.5 Å². The summed E-state index contributed by atoms with van der Waals surface area (Å²) in [6, 6.07) is 27.1. The van der Waals surface area contributed by atoms with Gasteiger partial charge in [-0.2, -0.15) is 0 Å². The molecule has 144 valence electrons. The van der Waals surface area contributed by atoms with E-state index in [-0.39, 0.29) is 5.75 Å². The van der Waals surface area contributed by atoms with Crippen molar-refractivity contribution >= 4 is 17.7 Å². The molecule has 1 atom stereocenters. The number of nitrogens with two attached hydrogens (primary N) is 1. The third-order valence-corrected chi connectivity index (χ3v) is 6.32. The van der Waals surface area contributed by atoms with Gasteiger partial charge in [-0.3, -0.25) is 4.79 Å². The first-order chi connectivity index (χ1) is 13.6. The van der Waals surface area contributed by atoms with Crippen LogP contribution in [0.15, 0.2) is 84.9 Å². The molecule has 0 saturated heterocycles. The van der Waals surface area contributed by atoms with Gasteiger partial charge in [0.25, 0.3) is 0 Å². The van der Waals surface area contributed by atoms with Crippen LogP contribution in [0.3, 0.4) is 0 Å². The Bertz CT molecular complexity index is 859. The third kappa shape index (κ3) is 4.06. The first-order valence-corrected chi connectivity index (χ1v) is 9.94. The number of hydrogen-bond donors (Lipinski definition) is 2. The highest BCUT2D eigenvalue weighted by atomic mass is 32.2. The van der Waals surface area contributed by atoms with Gasteiger partial charge in [-0.1, -0.05) is 72.8 Å². The van der Waals surface area contributed by atoms with Crippen molar-refractivity contribution in [2.75, 3.05) is 12.9 Å². The molecule has 0 spiro atoms. The van der Waals surface area contributed by atoms with Gasteiger partial charge in [-0.25, -0.2) is 0 Å². The van der Waals surface area contributed by atoms with E-state index in [1.807, 2.05) is 60.7 Å². The van der Waals surface area contributed by atoms with Gasteiger partial charge in [0.1, 0.15) is 11.8 Å².